The minimum Gasteiger partial charge on any atom is -0.382 e. The average Bonchev–Trinajstić information content (AvgIpc) is 3.30. The summed E-state index contributed by atoms with van der Waals surface area (Å²) in [7, 11) is 0. The molecule has 1 heterocycles. The summed E-state index contributed by atoms with van der Waals surface area (Å²) >= 11 is 0. The molecule has 120 valence electrons. The Kier molecular flexibility index (Phi) is 5.62. The fourth-order valence-electron chi connectivity index (χ4n) is 3.03. The number of piperazine rings is 1. The molecule has 1 N–H and O–H groups in total. The smallest absolute Gasteiger partial charge is 0.246 e. The van der Waals surface area contributed by atoms with Crippen LogP contribution in [0.5, 0.6) is 0 Å². The molecule has 0 bridgehead atoms. The monoisotopic (exact) mass is 296 g/mol. The van der Waals surface area contributed by atoms with E-state index >= 15 is 0 Å². The van der Waals surface area contributed by atoms with Gasteiger partial charge in [-0.25, -0.2) is 0 Å². The van der Waals surface area contributed by atoms with Crippen molar-refractivity contribution in [2.24, 2.45) is 11.8 Å². The molecular weight excluding hydrogens is 268 g/mol. The van der Waals surface area contributed by atoms with E-state index in [4.69, 9.17) is 4.74 Å². The van der Waals surface area contributed by atoms with E-state index in [9.17, 15) is 9.59 Å². The van der Waals surface area contributed by atoms with Gasteiger partial charge >= 0.3 is 0 Å². The highest BCUT2D eigenvalue weighted by Gasteiger charge is 2.47. The predicted molar refractivity (Wildman–Crippen MR) is 80.7 cm³/mol. The van der Waals surface area contributed by atoms with Crippen LogP contribution in [0.1, 0.15) is 46.5 Å². The molecule has 3 unspecified atom stereocenters. The lowest BCUT2D eigenvalue weighted by Gasteiger charge is -2.41. The molecule has 2 amide bonds. The maximum absolute atomic E-state index is 12.7. The molecule has 2 rings (SSSR count). The van der Waals surface area contributed by atoms with Crippen molar-refractivity contribution >= 4 is 11.8 Å². The van der Waals surface area contributed by atoms with E-state index in [0.29, 0.717) is 25.7 Å². The molecule has 1 aliphatic carbocycles. The molecular formula is C16H28N2O3. The lowest BCUT2D eigenvalue weighted by Crippen LogP contribution is -2.65. The minimum atomic E-state index is -0.320. The van der Waals surface area contributed by atoms with Crippen LogP contribution < -0.4 is 5.32 Å². The van der Waals surface area contributed by atoms with Gasteiger partial charge in [-0.2, -0.15) is 0 Å². The first-order chi connectivity index (χ1) is 10.1. The van der Waals surface area contributed by atoms with Crippen molar-refractivity contribution in [2.45, 2.75) is 58.5 Å². The van der Waals surface area contributed by atoms with Crippen LogP contribution in [-0.4, -0.2) is 48.6 Å². The first-order valence-electron chi connectivity index (χ1n) is 8.28. The number of hydrogen-bond acceptors (Lipinski definition) is 3. The zero-order valence-electron chi connectivity index (χ0n) is 13.4. The highest BCUT2D eigenvalue weighted by Crippen LogP contribution is 2.36. The number of amides is 2. The Morgan fingerprint density at radius 3 is 2.62 bits per heavy atom. The summed E-state index contributed by atoms with van der Waals surface area (Å²) in [5.74, 6) is 0.672. The number of carbonyl (C=O) groups excluding carboxylic acids is 2. The van der Waals surface area contributed by atoms with Crippen LogP contribution in [0, 0.1) is 11.8 Å². The van der Waals surface area contributed by atoms with Gasteiger partial charge in [-0.3, -0.25) is 9.59 Å². The predicted octanol–water partition coefficient (Wildman–Crippen LogP) is 1.56. The second-order valence-corrected chi connectivity index (χ2v) is 6.24. The molecule has 1 saturated carbocycles. The fraction of sp³-hybridized carbons (Fsp3) is 0.875. The third-order valence-electron chi connectivity index (χ3n) is 4.62. The molecule has 3 atom stereocenters. The average molecular weight is 296 g/mol. The van der Waals surface area contributed by atoms with Crippen molar-refractivity contribution in [3.05, 3.63) is 0 Å². The third-order valence-corrected chi connectivity index (χ3v) is 4.62. The van der Waals surface area contributed by atoms with Crippen LogP contribution in [0.25, 0.3) is 0 Å². The van der Waals surface area contributed by atoms with Crippen molar-refractivity contribution in [1.29, 1.82) is 0 Å². The largest absolute Gasteiger partial charge is 0.382 e. The Bertz CT molecular complexity index is 382. The Labute approximate surface area is 127 Å². The molecule has 1 aliphatic heterocycles. The van der Waals surface area contributed by atoms with Crippen LogP contribution in [0.3, 0.4) is 0 Å². The van der Waals surface area contributed by atoms with Crippen molar-refractivity contribution in [3.63, 3.8) is 0 Å². The molecule has 2 fully saturated rings. The van der Waals surface area contributed by atoms with Crippen molar-refractivity contribution in [3.8, 4) is 0 Å². The molecule has 0 aromatic rings. The molecule has 5 nitrogen and oxygen atoms in total. The first kappa shape index (κ1) is 16.3. The normalized spacial score (nSPS) is 27.7. The van der Waals surface area contributed by atoms with Crippen LogP contribution in [0.15, 0.2) is 0 Å². The number of nitrogens with one attached hydrogen (secondary N) is 1. The molecule has 0 aromatic heterocycles. The van der Waals surface area contributed by atoms with Crippen molar-refractivity contribution in [2.75, 3.05) is 19.8 Å². The molecule has 21 heavy (non-hydrogen) atoms. The number of nitrogens with zero attached hydrogens (tertiary/aromatic N) is 1. The van der Waals surface area contributed by atoms with E-state index in [0.717, 1.165) is 25.7 Å². The molecule has 5 heteroatoms. The maximum Gasteiger partial charge on any atom is 0.246 e. The number of rotatable bonds is 8. The van der Waals surface area contributed by atoms with Gasteiger partial charge in [0, 0.05) is 19.8 Å². The third kappa shape index (κ3) is 3.76. The van der Waals surface area contributed by atoms with Gasteiger partial charge in [0.1, 0.15) is 12.1 Å². The fourth-order valence-corrected chi connectivity index (χ4v) is 3.03. The molecule has 0 aromatic carbocycles. The van der Waals surface area contributed by atoms with Gasteiger partial charge < -0.3 is 15.0 Å². The summed E-state index contributed by atoms with van der Waals surface area (Å²) in [6.07, 6.45) is 3.79. The van der Waals surface area contributed by atoms with E-state index in [1.54, 1.807) is 0 Å². The van der Waals surface area contributed by atoms with Crippen LogP contribution in [-0.2, 0) is 14.3 Å². The Balaban J connectivity index is 2.06. The van der Waals surface area contributed by atoms with E-state index in [1.807, 2.05) is 18.7 Å². The van der Waals surface area contributed by atoms with Crippen LogP contribution in [0.4, 0.5) is 0 Å². The SMILES string of the molecule is CCOCCCN1C(=O)C(C2CC2)NC(=O)C1C(C)CC. The van der Waals surface area contributed by atoms with Gasteiger partial charge in [0.25, 0.3) is 0 Å². The number of carbonyl (C=O) groups is 2. The topological polar surface area (TPSA) is 58.6 Å². The van der Waals surface area contributed by atoms with Gasteiger partial charge in [0.05, 0.1) is 0 Å². The second-order valence-electron chi connectivity index (χ2n) is 6.24. The van der Waals surface area contributed by atoms with E-state index in [-0.39, 0.29) is 29.8 Å². The van der Waals surface area contributed by atoms with Gasteiger partial charge in [0.2, 0.25) is 11.8 Å². The Hall–Kier alpha value is -1.10. The van der Waals surface area contributed by atoms with Crippen LogP contribution >= 0.6 is 0 Å². The van der Waals surface area contributed by atoms with Crippen LogP contribution in [0.2, 0.25) is 0 Å². The standard InChI is InChI=1S/C16H28N2O3/c1-4-11(3)14-15(19)17-13(12-7-8-12)16(20)18(14)9-6-10-21-5-2/h11-14H,4-10H2,1-3H3,(H,17,19). The summed E-state index contributed by atoms with van der Waals surface area (Å²) in [5.41, 5.74) is 0. The summed E-state index contributed by atoms with van der Waals surface area (Å²) in [6.45, 7) is 8.02. The van der Waals surface area contributed by atoms with Crippen molar-refractivity contribution in [1.82, 2.24) is 10.2 Å². The molecule has 0 spiro atoms. The number of hydrogen-bond donors (Lipinski definition) is 1. The van der Waals surface area contributed by atoms with Crippen molar-refractivity contribution < 1.29 is 14.3 Å². The first-order valence-corrected chi connectivity index (χ1v) is 8.28. The Morgan fingerprint density at radius 1 is 1.33 bits per heavy atom. The maximum atomic E-state index is 12.7. The lowest BCUT2D eigenvalue weighted by molar-refractivity contribution is -0.152. The van der Waals surface area contributed by atoms with E-state index < -0.39 is 0 Å². The van der Waals surface area contributed by atoms with Gasteiger partial charge in [-0.05, 0) is 38.0 Å². The highest BCUT2D eigenvalue weighted by atomic mass is 16.5. The summed E-state index contributed by atoms with van der Waals surface area (Å²) in [4.78, 5) is 27.0. The quantitative estimate of drug-likeness (QED) is 0.692. The Morgan fingerprint density at radius 2 is 2.05 bits per heavy atom. The number of ether oxygens (including phenoxy) is 1. The summed E-state index contributed by atoms with van der Waals surface area (Å²) in [6, 6.07) is -0.607. The highest BCUT2D eigenvalue weighted by molar-refractivity contribution is 5.97. The van der Waals surface area contributed by atoms with E-state index in [1.165, 1.54) is 0 Å². The molecule has 2 aliphatic rings. The summed E-state index contributed by atoms with van der Waals surface area (Å²) < 4.78 is 5.36. The zero-order chi connectivity index (χ0) is 15.4. The minimum absolute atomic E-state index is 0.0252. The van der Waals surface area contributed by atoms with Gasteiger partial charge in [-0.15, -0.1) is 0 Å². The summed E-state index contributed by atoms with van der Waals surface area (Å²) in [5, 5.41) is 2.96. The van der Waals surface area contributed by atoms with E-state index in [2.05, 4.69) is 12.2 Å². The molecule has 0 radical (unpaired) electrons. The zero-order valence-corrected chi connectivity index (χ0v) is 13.4. The molecule has 1 saturated heterocycles. The van der Waals surface area contributed by atoms with Gasteiger partial charge in [0.15, 0.2) is 0 Å². The second kappa shape index (κ2) is 7.25. The lowest BCUT2D eigenvalue weighted by atomic mass is 9.92. The van der Waals surface area contributed by atoms with Gasteiger partial charge in [-0.1, -0.05) is 20.3 Å².